The highest BCUT2D eigenvalue weighted by Crippen LogP contribution is 2.33. The summed E-state index contributed by atoms with van der Waals surface area (Å²) in [5.41, 5.74) is 3.76. The molecule has 1 atom stereocenters. The van der Waals surface area contributed by atoms with Gasteiger partial charge in [0.15, 0.2) is 4.80 Å². The highest BCUT2D eigenvalue weighted by atomic mass is 35.5. The fourth-order valence-electron chi connectivity index (χ4n) is 4.83. The van der Waals surface area contributed by atoms with Crippen molar-refractivity contribution >= 4 is 35.0 Å². The SMILES string of the molecule is CCCC1=C(C(=O)OCC)[C@H](c2ccc(C(C)C)cc2)n2c(s/c(=C\c3ccc(-c4ccc(Cl)cc4)o3)c2=O)=N1. The Balaban J connectivity index is 1.66. The van der Waals surface area contributed by atoms with Crippen LogP contribution in [0, 0.1) is 0 Å². The number of carbonyl (C=O) groups is 1. The number of halogens is 1. The molecule has 8 heteroatoms. The molecule has 40 heavy (non-hydrogen) atoms. The number of hydrogen-bond donors (Lipinski definition) is 0. The van der Waals surface area contributed by atoms with Crippen LogP contribution < -0.4 is 14.9 Å². The van der Waals surface area contributed by atoms with Gasteiger partial charge in [-0.05, 0) is 66.8 Å². The number of ether oxygens (including phenoxy) is 1. The second-order valence-electron chi connectivity index (χ2n) is 9.94. The molecule has 0 saturated heterocycles. The van der Waals surface area contributed by atoms with Crippen molar-refractivity contribution in [1.29, 1.82) is 0 Å². The molecule has 0 N–H and O–H groups in total. The van der Waals surface area contributed by atoms with E-state index in [0.717, 1.165) is 17.5 Å². The third-order valence-corrected chi connectivity index (χ3v) is 8.07. The van der Waals surface area contributed by atoms with Gasteiger partial charge in [-0.15, -0.1) is 0 Å². The van der Waals surface area contributed by atoms with Crippen molar-refractivity contribution in [3.8, 4) is 11.3 Å². The summed E-state index contributed by atoms with van der Waals surface area (Å²) in [6.45, 7) is 8.33. The normalized spacial score (nSPS) is 15.3. The van der Waals surface area contributed by atoms with Gasteiger partial charge in [-0.25, -0.2) is 9.79 Å². The maximum Gasteiger partial charge on any atom is 0.338 e. The first-order valence-electron chi connectivity index (χ1n) is 13.5. The number of thiazole rings is 1. The molecule has 6 nitrogen and oxygen atoms in total. The molecule has 0 amide bonds. The van der Waals surface area contributed by atoms with E-state index in [0.29, 0.717) is 49.5 Å². The number of nitrogens with zero attached hydrogens (tertiary/aromatic N) is 2. The predicted octanol–water partition coefficient (Wildman–Crippen LogP) is 6.62. The minimum Gasteiger partial charge on any atom is -0.463 e. The summed E-state index contributed by atoms with van der Waals surface area (Å²) in [5, 5.41) is 0.648. The summed E-state index contributed by atoms with van der Waals surface area (Å²) >= 11 is 7.31. The Hall–Kier alpha value is -3.68. The monoisotopic (exact) mass is 574 g/mol. The molecule has 1 aliphatic heterocycles. The molecule has 206 valence electrons. The van der Waals surface area contributed by atoms with Crippen LogP contribution in [0.25, 0.3) is 17.4 Å². The highest BCUT2D eigenvalue weighted by Gasteiger charge is 2.34. The van der Waals surface area contributed by atoms with Crippen molar-refractivity contribution in [2.45, 2.75) is 52.5 Å². The average molecular weight is 575 g/mol. The lowest BCUT2D eigenvalue weighted by Gasteiger charge is -2.26. The largest absolute Gasteiger partial charge is 0.463 e. The average Bonchev–Trinajstić information content (AvgIpc) is 3.53. The van der Waals surface area contributed by atoms with Gasteiger partial charge in [0.05, 0.1) is 28.5 Å². The van der Waals surface area contributed by atoms with E-state index < -0.39 is 12.0 Å². The van der Waals surface area contributed by atoms with Crippen molar-refractivity contribution in [1.82, 2.24) is 4.57 Å². The van der Waals surface area contributed by atoms with Crippen molar-refractivity contribution in [3.05, 3.63) is 114 Å². The van der Waals surface area contributed by atoms with Crippen LogP contribution in [-0.4, -0.2) is 17.1 Å². The zero-order valence-corrected chi connectivity index (χ0v) is 24.5. The van der Waals surface area contributed by atoms with Gasteiger partial charge in [0, 0.05) is 16.7 Å². The minimum atomic E-state index is -0.638. The van der Waals surface area contributed by atoms with Gasteiger partial charge in [0.1, 0.15) is 11.5 Å². The van der Waals surface area contributed by atoms with Crippen LogP contribution in [0.15, 0.2) is 86.1 Å². The zero-order chi connectivity index (χ0) is 28.4. The van der Waals surface area contributed by atoms with E-state index in [9.17, 15) is 9.59 Å². The minimum absolute atomic E-state index is 0.233. The van der Waals surface area contributed by atoms with Gasteiger partial charge in [-0.3, -0.25) is 9.36 Å². The number of furan rings is 1. The number of hydrogen-bond acceptors (Lipinski definition) is 6. The van der Waals surface area contributed by atoms with Crippen molar-refractivity contribution < 1.29 is 13.9 Å². The molecule has 3 heterocycles. The van der Waals surface area contributed by atoms with Crippen LogP contribution in [0.3, 0.4) is 0 Å². The number of carbonyl (C=O) groups excluding carboxylic acids is 1. The molecule has 0 saturated carbocycles. The first-order valence-corrected chi connectivity index (χ1v) is 14.7. The van der Waals surface area contributed by atoms with Crippen LogP contribution >= 0.6 is 22.9 Å². The molecular weight excluding hydrogens is 544 g/mol. The Morgan fingerprint density at radius 1 is 1.10 bits per heavy atom. The van der Waals surface area contributed by atoms with Crippen LogP contribution in [-0.2, 0) is 9.53 Å². The number of rotatable bonds is 8. The molecule has 0 spiro atoms. The summed E-state index contributed by atoms with van der Waals surface area (Å²) in [7, 11) is 0. The third-order valence-electron chi connectivity index (χ3n) is 6.84. The smallest absolute Gasteiger partial charge is 0.338 e. The van der Waals surface area contributed by atoms with E-state index in [4.69, 9.17) is 25.7 Å². The quantitative estimate of drug-likeness (QED) is 0.222. The molecule has 0 bridgehead atoms. The number of allylic oxidation sites excluding steroid dienone is 1. The van der Waals surface area contributed by atoms with Gasteiger partial charge in [0.2, 0.25) is 0 Å². The Morgan fingerprint density at radius 2 is 1.82 bits per heavy atom. The predicted molar refractivity (Wildman–Crippen MR) is 159 cm³/mol. The van der Waals surface area contributed by atoms with E-state index in [1.54, 1.807) is 29.7 Å². The molecule has 0 fully saturated rings. The second-order valence-corrected chi connectivity index (χ2v) is 11.4. The number of esters is 1. The van der Waals surface area contributed by atoms with Crippen LogP contribution in [0.4, 0.5) is 0 Å². The van der Waals surface area contributed by atoms with Crippen LogP contribution in [0.5, 0.6) is 0 Å². The number of benzene rings is 2. The second kappa shape index (κ2) is 11.8. The van der Waals surface area contributed by atoms with E-state index in [2.05, 4.69) is 26.0 Å². The summed E-state index contributed by atoms with van der Waals surface area (Å²) < 4.78 is 13.6. The molecule has 1 aliphatic rings. The Kier molecular flexibility index (Phi) is 8.24. The van der Waals surface area contributed by atoms with Gasteiger partial charge in [-0.1, -0.05) is 74.4 Å². The first-order chi connectivity index (χ1) is 19.3. The van der Waals surface area contributed by atoms with E-state index >= 15 is 0 Å². The molecule has 2 aromatic carbocycles. The maximum absolute atomic E-state index is 13.9. The molecule has 0 unspecified atom stereocenters. The van der Waals surface area contributed by atoms with Crippen LogP contribution in [0.1, 0.15) is 69.4 Å². The molecule has 5 rings (SSSR count). The van der Waals surface area contributed by atoms with Gasteiger partial charge < -0.3 is 9.15 Å². The summed E-state index contributed by atoms with van der Waals surface area (Å²) in [4.78, 5) is 32.6. The Labute approximate surface area is 241 Å². The van der Waals surface area contributed by atoms with E-state index in [-0.39, 0.29) is 12.2 Å². The molecule has 0 radical (unpaired) electrons. The van der Waals surface area contributed by atoms with E-state index in [1.165, 1.54) is 16.9 Å². The molecular formula is C32H31ClN2O4S. The fraction of sp³-hybridized carbons (Fsp3) is 0.281. The topological polar surface area (TPSA) is 73.8 Å². The Bertz CT molecular complexity index is 1740. The standard InChI is InChI=1S/C32H31ClN2O4S/c1-5-7-25-28(31(37)38-6-2)29(22-10-8-20(9-11-22)19(3)4)35-30(36)27(40-32(35)34-25)18-24-16-17-26(39-24)21-12-14-23(33)15-13-21/h8-19,29H,5-7H2,1-4H3/b27-18-/t29-/m0/s1. The lowest BCUT2D eigenvalue weighted by molar-refractivity contribution is -0.139. The fourth-order valence-corrected chi connectivity index (χ4v) is 5.95. The van der Waals surface area contributed by atoms with Crippen LogP contribution in [0.2, 0.25) is 5.02 Å². The lowest BCUT2D eigenvalue weighted by atomic mass is 9.92. The van der Waals surface area contributed by atoms with Crippen molar-refractivity contribution in [3.63, 3.8) is 0 Å². The van der Waals surface area contributed by atoms with Gasteiger partial charge in [0.25, 0.3) is 5.56 Å². The summed E-state index contributed by atoms with van der Waals surface area (Å²) in [5.74, 6) is 1.14. The molecule has 4 aromatic rings. The molecule has 0 aliphatic carbocycles. The number of fused-ring (bicyclic) bond motifs is 1. The summed E-state index contributed by atoms with van der Waals surface area (Å²) in [6, 6.07) is 18.5. The molecule has 2 aromatic heterocycles. The zero-order valence-electron chi connectivity index (χ0n) is 22.9. The number of aromatic nitrogens is 1. The Morgan fingerprint density at radius 3 is 2.48 bits per heavy atom. The van der Waals surface area contributed by atoms with Crippen molar-refractivity contribution in [2.75, 3.05) is 6.61 Å². The highest BCUT2D eigenvalue weighted by molar-refractivity contribution is 7.07. The van der Waals surface area contributed by atoms with Gasteiger partial charge >= 0.3 is 5.97 Å². The maximum atomic E-state index is 13.9. The van der Waals surface area contributed by atoms with E-state index in [1.807, 2.05) is 43.3 Å². The first kappa shape index (κ1) is 27.9. The van der Waals surface area contributed by atoms with Crippen molar-refractivity contribution in [2.24, 2.45) is 4.99 Å². The third kappa shape index (κ3) is 5.49. The summed E-state index contributed by atoms with van der Waals surface area (Å²) in [6.07, 6.45) is 3.13. The lowest BCUT2D eigenvalue weighted by Crippen LogP contribution is -2.40. The van der Waals surface area contributed by atoms with Gasteiger partial charge in [-0.2, -0.15) is 0 Å².